The number of para-hydroxylation sites is 1. The van der Waals surface area contributed by atoms with E-state index in [1.807, 2.05) is 0 Å². The molecule has 0 fully saturated rings. The van der Waals surface area contributed by atoms with Crippen LogP contribution >= 0.6 is 0 Å². The molecule has 18 heavy (non-hydrogen) atoms. The van der Waals surface area contributed by atoms with E-state index in [9.17, 15) is 9.18 Å². The molecule has 3 nitrogen and oxygen atoms in total. The molecule has 1 atom stereocenters. The third kappa shape index (κ3) is 2.81. The van der Waals surface area contributed by atoms with E-state index >= 15 is 0 Å². The number of carbonyl (C=O) groups excluding carboxylic acids is 1. The molecule has 1 aromatic rings. The standard InChI is InChI=1S/C14H19FN2O/c1-14(2,3)7-9-8-16-11-6-4-5-10(15)12(11)17-13(9)18/h4-6,9,16H,7-8H2,1-3H3,(H,17,18). The van der Waals surface area contributed by atoms with Crippen LogP contribution in [-0.2, 0) is 4.79 Å². The summed E-state index contributed by atoms with van der Waals surface area (Å²) >= 11 is 0. The van der Waals surface area contributed by atoms with Gasteiger partial charge in [-0.3, -0.25) is 4.79 Å². The van der Waals surface area contributed by atoms with E-state index in [4.69, 9.17) is 0 Å². The van der Waals surface area contributed by atoms with Crippen molar-refractivity contribution in [2.45, 2.75) is 27.2 Å². The van der Waals surface area contributed by atoms with Crippen LogP contribution in [0.25, 0.3) is 0 Å². The Hall–Kier alpha value is -1.58. The zero-order valence-corrected chi connectivity index (χ0v) is 11.0. The number of nitrogens with one attached hydrogen (secondary N) is 2. The number of hydrogen-bond donors (Lipinski definition) is 2. The molecule has 0 aromatic heterocycles. The zero-order valence-electron chi connectivity index (χ0n) is 11.0. The minimum atomic E-state index is -0.398. The number of carbonyl (C=O) groups is 1. The molecule has 1 amide bonds. The first kappa shape index (κ1) is 12.9. The molecule has 0 bridgehead atoms. The van der Waals surface area contributed by atoms with Crippen molar-refractivity contribution < 1.29 is 9.18 Å². The van der Waals surface area contributed by atoms with E-state index in [0.29, 0.717) is 12.2 Å². The minimum absolute atomic E-state index is 0.0682. The van der Waals surface area contributed by atoms with Gasteiger partial charge in [-0.1, -0.05) is 26.8 Å². The van der Waals surface area contributed by atoms with Crippen molar-refractivity contribution in [2.24, 2.45) is 11.3 Å². The maximum Gasteiger partial charge on any atom is 0.229 e. The van der Waals surface area contributed by atoms with Crippen LogP contribution in [0, 0.1) is 17.2 Å². The van der Waals surface area contributed by atoms with Crippen molar-refractivity contribution in [1.29, 1.82) is 0 Å². The van der Waals surface area contributed by atoms with E-state index in [2.05, 4.69) is 31.4 Å². The lowest BCUT2D eigenvalue weighted by Crippen LogP contribution is -2.29. The highest BCUT2D eigenvalue weighted by Crippen LogP contribution is 2.31. The molecule has 0 saturated heterocycles. The average Bonchev–Trinajstić information content (AvgIpc) is 2.39. The lowest BCUT2D eigenvalue weighted by molar-refractivity contribution is -0.120. The fourth-order valence-corrected chi connectivity index (χ4v) is 2.25. The third-order valence-electron chi connectivity index (χ3n) is 3.03. The van der Waals surface area contributed by atoms with E-state index < -0.39 is 5.82 Å². The first-order chi connectivity index (χ1) is 8.37. The molecule has 2 rings (SSSR count). The lowest BCUT2D eigenvalue weighted by Gasteiger charge is -2.23. The second-order valence-electron chi connectivity index (χ2n) is 5.99. The average molecular weight is 250 g/mol. The molecule has 0 radical (unpaired) electrons. The van der Waals surface area contributed by atoms with Gasteiger partial charge in [-0.05, 0) is 24.0 Å². The molecule has 1 aliphatic rings. The van der Waals surface area contributed by atoms with Crippen LogP contribution in [-0.4, -0.2) is 12.5 Å². The quantitative estimate of drug-likeness (QED) is 0.803. The van der Waals surface area contributed by atoms with Crippen LogP contribution in [0.5, 0.6) is 0 Å². The van der Waals surface area contributed by atoms with Crippen LogP contribution < -0.4 is 10.6 Å². The number of anilines is 2. The summed E-state index contributed by atoms with van der Waals surface area (Å²) in [6.45, 7) is 6.83. The van der Waals surface area contributed by atoms with Gasteiger partial charge in [-0.15, -0.1) is 0 Å². The highest BCUT2D eigenvalue weighted by Gasteiger charge is 2.28. The topological polar surface area (TPSA) is 41.1 Å². The largest absolute Gasteiger partial charge is 0.382 e. The Balaban J connectivity index is 2.22. The Morgan fingerprint density at radius 3 is 2.78 bits per heavy atom. The Morgan fingerprint density at radius 2 is 2.11 bits per heavy atom. The number of hydrogen-bond acceptors (Lipinski definition) is 2. The van der Waals surface area contributed by atoms with Crippen LogP contribution in [0.4, 0.5) is 15.8 Å². The second-order valence-corrected chi connectivity index (χ2v) is 5.99. The molecule has 1 unspecified atom stereocenters. The molecule has 4 heteroatoms. The molecular formula is C14H19FN2O. The molecule has 0 aliphatic carbocycles. The summed E-state index contributed by atoms with van der Waals surface area (Å²) in [4.78, 5) is 12.1. The van der Waals surface area contributed by atoms with Gasteiger partial charge < -0.3 is 10.6 Å². The molecule has 1 heterocycles. The van der Waals surface area contributed by atoms with Gasteiger partial charge in [0.25, 0.3) is 0 Å². The van der Waals surface area contributed by atoms with E-state index in [0.717, 1.165) is 6.42 Å². The zero-order chi connectivity index (χ0) is 13.3. The molecule has 2 N–H and O–H groups in total. The summed E-state index contributed by atoms with van der Waals surface area (Å²) in [6.07, 6.45) is 0.765. The lowest BCUT2D eigenvalue weighted by atomic mass is 9.84. The van der Waals surface area contributed by atoms with Crippen molar-refractivity contribution in [1.82, 2.24) is 0 Å². The van der Waals surface area contributed by atoms with Crippen molar-refractivity contribution in [2.75, 3.05) is 17.2 Å². The van der Waals surface area contributed by atoms with Crippen LogP contribution in [0.15, 0.2) is 18.2 Å². The predicted octanol–water partition coefficient (Wildman–Crippen LogP) is 3.24. The van der Waals surface area contributed by atoms with Gasteiger partial charge in [0, 0.05) is 6.54 Å². The first-order valence-corrected chi connectivity index (χ1v) is 6.20. The van der Waals surface area contributed by atoms with E-state index in [1.54, 1.807) is 12.1 Å². The maximum atomic E-state index is 13.6. The van der Waals surface area contributed by atoms with Gasteiger partial charge in [0.15, 0.2) is 0 Å². The van der Waals surface area contributed by atoms with Crippen molar-refractivity contribution in [3.63, 3.8) is 0 Å². The predicted molar refractivity (Wildman–Crippen MR) is 71.1 cm³/mol. The van der Waals surface area contributed by atoms with E-state index in [-0.39, 0.29) is 22.9 Å². The molecule has 1 aromatic carbocycles. The monoisotopic (exact) mass is 250 g/mol. The van der Waals surface area contributed by atoms with Gasteiger partial charge in [0.05, 0.1) is 11.6 Å². The Bertz CT molecular complexity index is 465. The fourth-order valence-electron chi connectivity index (χ4n) is 2.25. The molecule has 0 spiro atoms. The molecule has 98 valence electrons. The Kier molecular flexibility index (Phi) is 3.28. The summed E-state index contributed by atoms with van der Waals surface area (Å²) in [5.74, 6) is -0.650. The number of benzene rings is 1. The molecule has 0 saturated carbocycles. The minimum Gasteiger partial charge on any atom is -0.382 e. The third-order valence-corrected chi connectivity index (χ3v) is 3.03. The normalized spacial score (nSPS) is 19.6. The van der Waals surface area contributed by atoms with Crippen molar-refractivity contribution in [3.8, 4) is 0 Å². The van der Waals surface area contributed by atoms with Crippen LogP contribution in [0.2, 0.25) is 0 Å². The number of amides is 1. The van der Waals surface area contributed by atoms with Crippen LogP contribution in [0.1, 0.15) is 27.2 Å². The number of fused-ring (bicyclic) bond motifs is 1. The Morgan fingerprint density at radius 1 is 1.39 bits per heavy atom. The van der Waals surface area contributed by atoms with E-state index in [1.165, 1.54) is 6.07 Å². The summed E-state index contributed by atoms with van der Waals surface area (Å²) in [5, 5.41) is 5.83. The van der Waals surface area contributed by atoms with Crippen molar-refractivity contribution in [3.05, 3.63) is 24.0 Å². The van der Waals surface area contributed by atoms with Gasteiger partial charge in [0.1, 0.15) is 11.5 Å². The first-order valence-electron chi connectivity index (χ1n) is 6.20. The SMILES string of the molecule is CC(C)(C)CC1CNc2cccc(F)c2NC1=O. The summed E-state index contributed by atoms with van der Waals surface area (Å²) < 4.78 is 13.6. The molecular weight excluding hydrogens is 231 g/mol. The van der Waals surface area contributed by atoms with Gasteiger partial charge in [-0.25, -0.2) is 4.39 Å². The smallest absolute Gasteiger partial charge is 0.229 e. The highest BCUT2D eigenvalue weighted by atomic mass is 19.1. The highest BCUT2D eigenvalue weighted by molar-refractivity contribution is 5.97. The molecule has 1 aliphatic heterocycles. The maximum absolute atomic E-state index is 13.6. The van der Waals surface area contributed by atoms with Gasteiger partial charge in [0.2, 0.25) is 5.91 Å². The summed E-state index contributed by atoms with van der Waals surface area (Å²) in [6, 6.07) is 4.76. The second kappa shape index (κ2) is 4.59. The summed E-state index contributed by atoms with van der Waals surface area (Å²) in [7, 11) is 0. The van der Waals surface area contributed by atoms with Gasteiger partial charge in [-0.2, -0.15) is 0 Å². The summed E-state index contributed by atoms with van der Waals surface area (Å²) in [5.41, 5.74) is 0.984. The van der Waals surface area contributed by atoms with Crippen LogP contribution in [0.3, 0.4) is 0 Å². The van der Waals surface area contributed by atoms with Gasteiger partial charge >= 0.3 is 0 Å². The fraction of sp³-hybridized carbons (Fsp3) is 0.500. The number of halogens is 1. The Labute approximate surface area is 107 Å². The van der Waals surface area contributed by atoms with Crippen molar-refractivity contribution >= 4 is 17.3 Å². The number of rotatable bonds is 1.